The van der Waals surface area contributed by atoms with Crippen molar-refractivity contribution in [2.24, 2.45) is 0 Å². The molecule has 2 aromatic carbocycles. The maximum absolute atomic E-state index is 12.5. The molecular weight excluding hydrogens is 352 g/mol. The fourth-order valence-electron chi connectivity index (χ4n) is 3.96. The first-order valence-electron chi connectivity index (χ1n) is 10.1. The van der Waals surface area contributed by atoms with Crippen molar-refractivity contribution >= 4 is 17.5 Å². The number of rotatable bonds is 4. The molecular formula is C23H26N2O3. The van der Waals surface area contributed by atoms with Gasteiger partial charge in [0, 0.05) is 11.6 Å². The van der Waals surface area contributed by atoms with Crippen molar-refractivity contribution in [2.75, 3.05) is 11.5 Å². The molecule has 4 rings (SSSR count). The Morgan fingerprint density at radius 2 is 1.71 bits per heavy atom. The average molecular weight is 378 g/mol. The molecule has 1 saturated carbocycles. The zero-order valence-corrected chi connectivity index (χ0v) is 16.0. The highest BCUT2D eigenvalue weighted by molar-refractivity contribution is 5.98. The number of carbonyl (C=O) groups is 2. The van der Waals surface area contributed by atoms with Crippen LogP contribution >= 0.6 is 0 Å². The highest BCUT2D eigenvalue weighted by Gasteiger charge is 2.25. The number of anilines is 1. The number of hydrogen-bond acceptors (Lipinski definition) is 3. The van der Waals surface area contributed by atoms with Crippen molar-refractivity contribution in [3.8, 4) is 5.75 Å². The molecule has 5 heteroatoms. The van der Waals surface area contributed by atoms with Gasteiger partial charge >= 0.3 is 0 Å². The predicted octanol–water partition coefficient (Wildman–Crippen LogP) is 4.06. The second kappa shape index (κ2) is 8.46. The summed E-state index contributed by atoms with van der Waals surface area (Å²) < 4.78 is 5.49. The van der Waals surface area contributed by atoms with Crippen LogP contribution in [0.3, 0.4) is 0 Å². The molecule has 1 fully saturated rings. The second-order valence-electron chi connectivity index (χ2n) is 7.60. The average Bonchev–Trinajstić information content (AvgIpc) is 2.99. The lowest BCUT2D eigenvalue weighted by atomic mass is 10.1. The topological polar surface area (TPSA) is 58.6 Å². The number of para-hydroxylation sites is 2. The van der Waals surface area contributed by atoms with Crippen LogP contribution in [0.2, 0.25) is 0 Å². The van der Waals surface area contributed by atoms with Crippen molar-refractivity contribution < 1.29 is 14.3 Å². The highest BCUT2D eigenvalue weighted by atomic mass is 16.5. The van der Waals surface area contributed by atoms with Crippen LogP contribution in [0.4, 0.5) is 5.69 Å². The molecule has 1 aliphatic heterocycles. The van der Waals surface area contributed by atoms with Gasteiger partial charge in [-0.15, -0.1) is 0 Å². The summed E-state index contributed by atoms with van der Waals surface area (Å²) in [5.41, 5.74) is 2.44. The van der Waals surface area contributed by atoms with Crippen LogP contribution in [0.5, 0.6) is 5.75 Å². The van der Waals surface area contributed by atoms with Gasteiger partial charge in [-0.05, 0) is 42.7 Å². The quantitative estimate of drug-likeness (QED) is 0.816. The van der Waals surface area contributed by atoms with Crippen LogP contribution in [-0.2, 0) is 11.3 Å². The van der Waals surface area contributed by atoms with E-state index in [0.29, 0.717) is 12.1 Å². The molecule has 1 aliphatic carbocycles. The lowest BCUT2D eigenvalue weighted by molar-refractivity contribution is -0.121. The Bertz CT molecular complexity index is 839. The number of ether oxygens (including phenoxy) is 1. The van der Waals surface area contributed by atoms with E-state index in [-0.39, 0.29) is 24.5 Å². The summed E-state index contributed by atoms with van der Waals surface area (Å²) in [5, 5.41) is 3.18. The van der Waals surface area contributed by atoms with Gasteiger partial charge in [0.2, 0.25) is 0 Å². The monoisotopic (exact) mass is 378 g/mol. The van der Waals surface area contributed by atoms with E-state index in [1.807, 2.05) is 48.5 Å². The van der Waals surface area contributed by atoms with Gasteiger partial charge in [0.15, 0.2) is 6.61 Å². The van der Waals surface area contributed by atoms with Gasteiger partial charge in [-0.25, -0.2) is 0 Å². The van der Waals surface area contributed by atoms with Crippen molar-refractivity contribution in [1.29, 1.82) is 0 Å². The minimum Gasteiger partial charge on any atom is -0.482 e. The van der Waals surface area contributed by atoms with Crippen molar-refractivity contribution in [1.82, 2.24) is 5.32 Å². The number of nitrogens with one attached hydrogen (secondary N) is 1. The first kappa shape index (κ1) is 18.5. The van der Waals surface area contributed by atoms with Gasteiger partial charge < -0.3 is 15.0 Å². The largest absolute Gasteiger partial charge is 0.482 e. The normalized spacial score (nSPS) is 17.4. The van der Waals surface area contributed by atoms with E-state index in [1.165, 1.54) is 25.7 Å². The zero-order valence-electron chi connectivity index (χ0n) is 16.0. The standard InChI is InChI=1S/C23H26N2O3/c26-22-16-28-21-10-6-5-9-20(21)25(22)15-17-11-13-18(14-12-17)23(27)24-19-7-3-1-2-4-8-19/h5-6,9-14,19H,1-4,7-8,15-16H2,(H,24,27). The Hall–Kier alpha value is -2.82. The Kier molecular flexibility index (Phi) is 5.60. The molecule has 1 heterocycles. The third-order valence-electron chi connectivity index (χ3n) is 5.56. The Balaban J connectivity index is 1.42. The molecule has 0 unspecified atom stereocenters. The third kappa shape index (κ3) is 4.19. The summed E-state index contributed by atoms with van der Waals surface area (Å²) in [6.07, 6.45) is 7.07. The fraction of sp³-hybridized carbons (Fsp3) is 0.391. The molecule has 0 bridgehead atoms. The first-order valence-corrected chi connectivity index (χ1v) is 10.1. The number of benzene rings is 2. The van der Waals surface area contributed by atoms with Crippen LogP contribution < -0.4 is 15.0 Å². The van der Waals surface area contributed by atoms with E-state index in [4.69, 9.17) is 4.74 Å². The van der Waals surface area contributed by atoms with E-state index in [1.54, 1.807) is 4.90 Å². The Morgan fingerprint density at radius 3 is 2.46 bits per heavy atom. The Labute approximate surface area is 165 Å². The molecule has 2 aliphatic rings. The number of carbonyl (C=O) groups excluding carboxylic acids is 2. The molecule has 28 heavy (non-hydrogen) atoms. The molecule has 5 nitrogen and oxygen atoms in total. The van der Waals surface area contributed by atoms with Crippen molar-refractivity contribution in [3.05, 3.63) is 59.7 Å². The summed E-state index contributed by atoms with van der Waals surface area (Å²) >= 11 is 0. The molecule has 2 aromatic rings. The molecule has 0 aromatic heterocycles. The summed E-state index contributed by atoms with van der Waals surface area (Å²) in [7, 11) is 0. The second-order valence-corrected chi connectivity index (χ2v) is 7.60. The zero-order chi connectivity index (χ0) is 19.3. The summed E-state index contributed by atoms with van der Waals surface area (Å²) in [4.78, 5) is 26.6. The van der Waals surface area contributed by atoms with Gasteiger partial charge in [0.1, 0.15) is 5.75 Å². The number of fused-ring (bicyclic) bond motifs is 1. The lowest BCUT2D eigenvalue weighted by Gasteiger charge is -2.29. The lowest BCUT2D eigenvalue weighted by Crippen LogP contribution is -2.38. The molecule has 0 atom stereocenters. The van der Waals surface area contributed by atoms with Gasteiger partial charge in [-0.2, -0.15) is 0 Å². The molecule has 0 saturated heterocycles. The summed E-state index contributed by atoms with van der Waals surface area (Å²) in [6.45, 7) is 0.516. The predicted molar refractivity (Wildman–Crippen MR) is 109 cm³/mol. The van der Waals surface area contributed by atoms with Crippen LogP contribution in [0.15, 0.2) is 48.5 Å². The van der Waals surface area contributed by atoms with Crippen LogP contribution in [0, 0.1) is 0 Å². The van der Waals surface area contributed by atoms with E-state index in [0.717, 1.165) is 29.8 Å². The summed E-state index contributed by atoms with van der Waals surface area (Å²) in [5.74, 6) is 0.654. The maximum atomic E-state index is 12.5. The van der Waals surface area contributed by atoms with Gasteiger partial charge in [0.05, 0.1) is 12.2 Å². The van der Waals surface area contributed by atoms with Crippen molar-refractivity contribution in [3.63, 3.8) is 0 Å². The van der Waals surface area contributed by atoms with E-state index >= 15 is 0 Å². The molecule has 146 valence electrons. The van der Waals surface area contributed by atoms with Crippen LogP contribution in [-0.4, -0.2) is 24.5 Å². The van der Waals surface area contributed by atoms with Crippen LogP contribution in [0.25, 0.3) is 0 Å². The smallest absolute Gasteiger partial charge is 0.265 e. The SMILES string of the molecule is O=C(NC1CCCCCC1)c1ccc(CN2C(=O)COc3ccccc32)cc1. The number of nitrogens with zero attached hydrogens (tertiary/aromatic N) is 1. The number of amides is 2. The minimum atomic E-state index is -0.0612. The molecule has 2 amide bonds. The van der Waals surface area contributed by atoms with E-state index < -0.39 is 0 Å². The van der Waals surface area contributed by atoms with Crippen LogP contribution in [0.1, 0.15) is 54.4 Å². The van der Waals surface area contributed by atoms with E-state index in [9.17, 15) is 9.59 Å². The Morgan fingerprint density at radius 1 is 1.00 bits per heavy atom. The highest BCUT2D eigenvalue weighted by Crippen LogP contribution is 2.32. The first-order chi connectivity index (χ1) is 13.7. The van der Waals surface area contributed by atoms with Gasteiger partial charge in [0.25, 0.3) is 11.8 Å². The molecule has 0 radical (unpaired) electrons. The van der Waals surface area contributed by atoms with Gasteiger partial charge in [-0.1, -0.05) is 49.9 Å². The molecule has 1 N–H and O–H groups in total. The van der Waals surface area contributed by atoms with E-state index in [2.05, 4.69) is 5.32 Å². The van der Waals surface area contributed by atoms with Gasteiger partial charge in [-0.3, -0.25) is 9.59 Å². The number of hydrogen-bond donors (Lipinski definition) is 1. The molecule has 0 spiro atoms. The summed E-state index contributed by atoms with van der Waals surface area (Å²) in [6, 6.07) is 15.4. The minimum absolute atomic E-state index is 0.00811. The third-order valence-corrected chi connectivity index (χ3v) is 5.56. The fourth-order valence-corrected chi connectivity index (χ4v) is 3.96. The maximum Gasteiger partial charge on any atom is 0.265 e. The van der Waals surface area contributed by atoms with Crippen molar-refractivity contribution in [2.45, 2.75) is 51.1 Å².